The van der Waals surface area contributed by atoms with Crippen molar-refractivity contribution in [2.24, 2.45) is 22.6 Å². The Labute approximate surface area is 143 Å². The van der Waals surface area contributed by atoms with E-state index < -0.39 is 17.8 Å². The van der Waals surface area contributed by atoms with Crippen LogP contribution in [0.25, 0.3) is 0 Å². The summed E-state index contributed by atoms with van der Waals surface area (Å²) in [4.78, 5) is 6.00. The van der Waals surface area contributed by atoms with Gasteiger partial charge in [0.15, 0.2) is 5.96 Å². The number of alkyl halides is 3. The first kappa shape index (κ1) is 18.1. The van der Waals surface area contributed by atoms with Crippen LogP contribution in [0, 0.1) is 11.8 Å². The van der Waals surface area contributed by atoms with Crippen molar-refractivity contribution in [3.05, 3.63) is 35.4 Å². The molecule has 0 bridgehead atoms. The fraction of sp³-hybridized carbons (Fsp3) is 0.533. The maximum absolute atomic E-state index is 12.9. The van der Waals surface area contributed by atoms with E-state index in [1.54, 1.807) is 0 Å². The maximum atomic E-state index is 12.9. The summed E-state index contributed by atoms with van der Waals surface area (Å²) in [6.07, 6.45) is -4.59. The summed E-state index contributed by atoms with van der Waals surface area (Å²) >= 11 is 0. The number of guanidine groups is 1. The standard InChI is InChI=1S/C15H18F3N3O.BrH/c16-15(17,18)12-4-2-1-3-11(12)13(22)6-20-14(19)21-7-9-5-10(9)8-21;/h1-4,9-10,13,22H,5-8H2,(H2,19,20);1H. The highest BCUT2D eigenvalue weighted by atomic mass is 79.9. The van der Waals surface area contributed by atoms with Crippen LogP contribution < -0.4 is 5.73 Å². The van der Waals surface area contributed by atoms with Crippen molar-refractivity contribution >= 4 is 22.9 Å². The van der Waals surface area contributed by atoms with Crippen LogP contribution in [0.2, 0.25) is 0 Å². The summed E-state index contributed by atoms with van der Waals surface area (Å²) in [7, 11) is 0. The molecule has 3 unspecified atom stereocenters. The molecule has 0 radical (unpaired) electrons. The van der Waals surface area contributed by atoms with Crippen LogP contribution in [-0.2, 0) is 6.18 Å². The lowest BCUT2D eigenvalue weighted by molar-refractivity contribution is -0.139. The number of aliphatic hydroxyl groups is 1. The highest BCUT2D eigenvalue weighted by Crippen LogP contribution is 2.44. The molecular formula is C15H19BrF3N3O. The fourth-order valence-electron chi connectivity index (χ4n) is 3.01. The van der Waals surface area contributed by atoms with E-state index in [1.165, 1.54) is 24.6 Å². The second-order valence-electron chi connectivity index (χ2n) is 5.96. The largest absolute Gasteiger partial charge is 0.416 e. The minimum atomic E-state index is -4.50. The summed E-state index contributed by atoms with van der Waals surface area (Å²) in [5.74, 6) is 1.67. The lowest BCUT2D eigenvalue weighted by Crippen LogP contribution is -2.37. The monoisotopic (exact) mass is 393 g/mol. The molecule has 3 atom stereocenters. The third-order valence-corrected chi connectivity index (χ3v) is 4.35. The lowest BCUT2D eigenvalue weighted by Gasteiger charge is -2.20. The van der Waals surface area contributed by atoms with Gasteiger partial charge in [0.05, 0.1) is 18.2 Å². The molecule has 23 heavy (non-hydrogen) atoms. The SMILES string of the molecule is Br.NC(=NCC(O)c1ccccc1C(F)(F)F)N1CC2CC2C1. The molecule has 1 heterocycles. The van der Waals surface area contributed by atoms with Crippen molar-refractivity contribution in [2.45, 2.75) is 18.7 Å². The average molecular weight is 394 g/mol. The summed E-state index contributed by atoms with van der Waals surface area (Å²) in [5, 5.41) is 10.0. The third kappa shape index (κ3) is 3.98. The first-order chi connectivity index (χ1) is 10.4. The first-order valence-corrected chi connectivity index (χ1v) is 7.25. The number of hydrogen-bond donors (Lipinski definition) is 2. The zero-order valence-electron chi connectivity index (χ0n) is 12.3. The molecule has 1 aromatic carbocycles. The van der Waals surface area contributed by atoms with E-state index in [0.29, 0.717) is 17.8 Å². The Morgan fingerprint density at radius 2 is 1.91 bits per heavy atom. The molecule has 2 aliphatic rings. The molecule has 1 aromatic rings. The number of rotatable bonds is 3. The van der Waals surface area contributed by atoms with Gasteiger partial charge in [-0.3, -0.25) is 4.99 Å². The summed E-state index contributed by atoms with van der Waals surface area (Å²) in [6, 6.07) is 4.99. The molecule has 1 saturated heterocycles. The first-order valence-electron chi connectivity index (χ1n) is 7.25. The van der Waals surface area contributed by atoms with Gasteiger partial charge in [-0.1, -0.05) is 18.2 Å². The van der Waals surface area contributed by atoms with Crippen molar-refractivity contribution in [1.29, 1.82) is 0 Å². The maximum Gasteiger partial charge on any atom is 0.416 e. The molecule has 1 aliphatic carbocycles. The number of aliphatic imine (C=N–C) groups is 1. The highest BCUT2D eigenvalue weighted by Gasteiger charge is 2.45. The van der Waals surface area contributed by atoms with Gasteiger partial charge < -0.3 is 15.7 Å². The Morgan fingerprint density at radius 1 is 1.30 bits per heavy atom. The van der Waals surface area contributed by atoms with E-state index in [9.17, 15) is 18.3 Å². The molecule has 0 spiro atoms. The molecule has 0 aromatic heterocycles. The number of likely N-dealkylation sites (tertiary alicyclic amines) is 1. The molecule has 128 valence electrons. The molecular weight excluding hydrogens is 375 g/mol. The third-order valence-electron chi connectivity index (χ3n) is 4.35. The van der Waals surface area contributed by atoms with Crippen molar-refractivity contribution in [3.8, 4) is 0 Å². The zero-order chi connectivity index (χ0) is 15.9. The molecule has 4 nitrogen and oxygen atoms in total. The van der Waals surface area contributed by atoms with Gasteiger partial charge in [0, 0.05) is 13.1 Å². The van der Waals surface area contributed by atoms with Gasteiger partial charge in [0.25, 0.3) is 0 Å². The van der Waals surface area contributed by atoms with Gasteiger partial charge in [0.2, 0.25) is 0 Å². The Balaban J connectivity index is 0.00000192. The van der Waals surface area contributed by atoms with Crippen molar-refractivity contribution in [2.75, 3.05) is 19.6 Å². The zero-order valence-corrected chi connectivity index (χ0v) is 14.0. The van der Waals surface area contributed by atoms with Gasteiger partial charge >= 0.3 is 6.18 Å². The minimum absolute atomic E-state index is 0. The second kappa shape index (κ2) is 6.68. The van der Waals surface area contributed by atoms with E-state index in [-0.39, 0.29) is 29.1 Å². The molecule has 0 amide bonds. The fourth-order valence-corrected chi connectivity index (χ4v) is 3.01. The Hall–Kier alpha value is -1.28. The molecule has 1 saturated carbocycles. The smallest absolute Gasteiger partial charge is 0.386 e. The van der Waals surface area contributed by atoms with Crippen molar-refractivity contribution in [1.82, 2.24) is 4.90 Å². The summed E-state index contributed by atoms with van der Waals surface area (Å²) < 4.78 is 38.8. The second-order valence-corrected chi connectivity index (χ2v) is 5.96. The van der Waals surface area contributed by atoms with Crippen LogP contribution in [0.3, 0.4) is 0 Å². The van der Waals surface area contributed by atoms with Gasteiger partial charge in [-0.25, -0.2) is 0 Å². The number of piperidine rings is 1. The van der Waals surface area contributed by atoms with E-state index >= 15 is 0 Å². The summed E-state index contributed by atoms with van der Waals surface area (Å²) in [6.45, 7) is 1.54. The van der Waals surface area contributed by atoms with Gasteiger partial charge in [-0.15, -0.1) is 17.0 Å². The molecule has 1 aliphatic heterocycles. The Bertz CT molecular complexity index is 584. The number of benzene rings is 1. The van der Waals surface area contributed by atoms with Crippen LogP contribution in [0.5, 0.6) is 0 Å². The van der Waals surface area contributed by atoms with Crippen LogP contribution >= 0.6 is 17.0 Å². The van der Waals surface area contributed by atoms with E-state index in [0.717, 1.165) is 19.2 Å². The normalized spacial score (nSPS) is 24.9. The highest BCUT2D eigenvalue weighted by molar-refractivity contribution is 8.93. The molecule has 2 fully saturated rings. The van der Waals surface area contributed by atoms with Gasteiger partial charge in [-0.2, -0.15) is 13.2 Å². The predicted octanol–water partition coefficient (Wildman–Crippen LogP) is 2.58. The van der Waals surface area contributed by atoms with Gasteiger partial charge in [0.1, 0.15) is 0 Å². The predicted molar refractivity (Wildman–Crippen MR) is 86.4 cm³/mol. The van der Waals surface area contributed by atoms with E-state index in [1.807, 2.05) is 4.90 Å². The lowest BCUT2D eigenvalue weighted by atomic mass is 10.0. The number of aliphatic hydroxyl groups excluding tert-OH is 1. The minimum Gasteiger partial charge on any atom is -0.386 e. The van der Waals surface area contributed by atoms with Crippen LogP contribution in [-0.4, -0.2) is 35.6 Å². The topological polar surface area (TPSA) is 61.9 Å². The average Bonchev–Trinajstić information content (AvgIpc) is 3.09. The van der Waals surface area contributed by atoms with E-state index in [4.69, 9.17) is 5.73 Å². The molecule has 3 rings (SSSR count). The van der Waals surface area contributed by atoms with Crippen molar-refractivity contribution < 1.29 is 18.3 Å². The quantitative estimate of drug-likeness (QED) is 0.612. The number of nitrogens with two attached hydrogens (primary N) is 1. The van der Waals surface area contributed by atoms with E-state index in [2.05, 4.69) is 4.99 Å². The molecule has 8 heteroatoms. The number of fused-ring (bicyclic) bond motifs is 1. The Kier molecular flexibility index (Phi) is 5.25. The van der Waals surface area contributed by atoms with Crippen LogP contribution in [0.15, 0.2) is 29.3 Å². The van der Waals surface area contributed by atoms with Gasteiger partial charge in [-0.05, 0) is 29.9 Å². The number of nitrogens with zero attached hydrogens (tertiary/aromatic N) is 2. The van der Waals surface area contributed by atoms with Crippen LogP contribution in [0.4, 0.5) is 13.2 Å². The summed E-state index contributed by atoms with van der Waals surface area (Å²) in [5.41, 5.74) is 4.85. The van der Waals surface area contributed by atoms with Crippen molar-refractivity contribution in [3.63, 3.8) is 0 Å². The Morgan fingerprint density at radius 3 is 2.52 bits per heavy atom. The number of halogens is 4. The molecule has 3 N–H and O–H groups in total. The van der Waals surface area contributed by atoms with Crippen LogP contribution in [0.1, 0.15) is 23.7 Å². The number of hydrogen-bond acceptors (Lipinski definition) is 2.